The van der Waals surface area contributed by atoms with Crippen molar-refractivity contribution in [3.8, 4) is 5.75 Å². The number of benzene rings is 2. The molecule has 28 heavy (non-hydrogen) atoms. The maximum atomic E-state index is 12.3. The number of esters is 1. The Labute approximate surface area is 164 Å². The molecule has 0 aliphatic carbocycles. The van der Waals surface area contributed by atoms with E-state index in [2.05, 4.69) is 15.4 Å². The van der Waals surface area contributed by atoms with Crippen LogP contribution in [0.4, 0.5) is 5.69 Å². The highest BCUT2D eigenvalue weighted by Gasteiger charge is 2.14. The van der Waals surface area contributed by atoms with Crippen LogP contribution >= 0.6 is 0 Å². The fraction of sp³-hybridized carbons (Fsp3) is 0.286. The molecule has 2 aromatic rings. The first-order valence-corrected chi connectivity index (χ1v) is 8.85. The Morgan fingerprint density at radius 3 is 2.43 bits per heavy atom. The average Bonchev–Trinajstić information content (AvgIpc) is 2.68. The van der Waals surface area contributed by atoms with E-state index >= 15 is 0 Å². The SMILES string of the molecule is COC(=O)COc1ccc(NC(=O)CC(C)NC(=O)c2ccccc2)c(C)c1. The van der Waals surface area contributed by atoms with Crippen LogP contribution in [0.2, 0.25) is 0 Å². The van der Waals surface area contributed by atoms with Gasteiger partial charge in [-0.3, -0.25) is 9.59 Å². The van der Waals surface area contributed by atoms with Gasteiger partial charge < -0.3 is 20.1 Å². The number of hydrogen-bond donors (Lipinski definition) is 2. The number of carbonyl (C=O) groups is 3. The van der Waals surface area contributed by atoms with Gasteiger partial charge in [0.1, 0.15) is 5.75 Å². The molecule has 0 saturated heterocycles. The van der Waals surface area contributed by atoms with Gasteiger partial charge in [-0.1, -0.05) is 18.2 Å². The number of rotatable bonds is 8. The van der Waals surface area contributed by atoms with Gasteiger partial charge in [0.05, 0.1) is 7.11 Å². The predicted octanol–water partition coefficient (Wildman–Crippen LogP) is 2.69. The maximum absolute atomic E-state index is 12.3. The standard InChI is InChI=1S/C21H24N2O5/c1-14-11-17(28-13-20(25)27-3)9-10-18(14)23-19(24)12-15(2)22-21(26)16-7-5-4-6-8-16/h4-11,15H,12-13H2,1-3H3,(H,22,26)(H,23,24). The third kappa shape index (κ3) is 6.42. The van der Waals surface area contributed by atoms with E-state index in [1.54, 1.807) is 49.4 Å². The normalized spacial score (nSPS) is 11.2. The van der Waals surface area contributed by atoms with Gasteiger partial charge >= 0.3 is 5.97 Å². The molecule has 0 saturated carbocycles. The molecular weight excluding hydrogens is 360 g/mol. The second-order valence-electron chi connectivity index (χ2n) is 6.33. The van der Waals surface area contributed by atoms with Crippen molar-refractivity contribution in [2.45, 2.75) is 26.3 Å². The van der Waals surface area contributed by atoms with Gasteiger partial charge in [-0.25, -0.2) is 4.79 Å². The minimum absolute atomic E-state index is 0.138. The van der Waals surface area contributed by atoms with E-state index < -0.39 is 5.97 Å². The molecule has 2 rings (SSSR count). The highest BCUT2D eigenvalue weighted by atomic mass is 16.6. The lowest BCUT2D eigenvalue weighted by Gasteiger charge is -2.15. The molecule has 0 aliphatic heterocycles. The second kappa shape index (κ2) is 10.1. The van der Waals surface area contributed by atoms with Crippen molar-refractivity contribution in [1.29, 1.82) is 0 Å². The van der Waals surface area contributed by atoms with Crippen LogP contribution in [-0.4, -0.2) is 37.5 Å². The Hall–Kier alpha value is -3.35. The van der Waals surface area contributed by atoms with E-state index in [1.807, 2.05) is 13.0 Å². The number of amides is 2. The number of carbonyl (C=O) groups excluding carboxylic acids is 3. The fourth-order valence-electron chi connectivity index (χ4n) is 2.49. The molecule has 1 unspecified atom stereocenters. The molecule has 0 heterocycles. The van der Waals surface area contributed by atoms with Crippen LogP contribution < -0.4 is 15.4 Å². The molecule has 0 aromatic heterocycles. The molecule has 0 spiro atoms. The van der Waals surface area contributed by atoms with Gasteiger partial charge in [0.2, 0.25) is 5.91 Å². The minimum atomic E-state index is -0.471. The molecule has 0 radical (unpaired) electrons. The van der Waals surface area contributed by atoms with Crippen LogP contribution in [0, 0.1) is 6.92 Å². The van der Waals surface area contributed by atoms with Crippen LogP contribution in [0.5, 0.6) is 5.75 Å². The summed E-state index contributed by atoms with van der Waals surface area (Å²) in [6, 6.07) is 13.6. The van der Waals surface area contributed by atoms with Crippen molar-refractivity contribution in [3.63, 3.8) is 0 Å². The Balaban J connectivity index is 1.86. The van der Waals surface area contributed by atoms with Crippen molar-refractivity contribution < 1.29 is 23.9 Å². The highest BCUT2D eigenvalue weighted by Crippen LogP contribution is 2.21. The lowest BCUT2D eigenvalue weighted by Crippen LogP contribution is -2.35. The molecule has 148 valence electrons. The van der Waals surface area contributed by atoms with Crippen molar-refractivity contribution >= 4 is 23.5 Å². The Morgan fingerprint density at radius 1 is 1.07 bits per heavy atom. The smallest absolute Gasteiger partial charge is 0.343 e. The number of aryl methyl sites for hydroxylation is 1. The van der Waals surface area contributed by atoms with Crippen LogP contribution in [-0.2, 0) is 14.3 Å². The lowest BCUT2D eigenvalue weighted by molar-refractivity contribution is -0.142. The summed E-state index contributed by atoms with van der Waals surface area (Å²) in [6.07, 6.45) is 0.138. The quantitative estimate of drug-likeness (QED) is 0.683. The zero-order chi connectivity index (χ0) is 20.5. The van der Waals surface area contributed by atoms with Crippen molar-refractivity contribution in [3.05, 3.63) is 59.7 Å². The van der Waals surface area contributed by atoms with Crippen LogP contribution in [0.15, 0.2) is 48.5 Å². The Morgan fingerprint density at radius 2 is 1.79 bits per heavy atom. The van der Waals surface area contributed by atoms with E-state index in [0.29, 0.717) is 17.0 Å². The summed E-state index contributed by atoms with van der Waals surface area (Å²) in [5.41, 5.74) is 1.97. The number of nitrogens with one attached hydrogen (secondary N) is 2. The number of anilines is 1. The highest BCUT2D eigenvalue weighted by molar-refractivity contribution is 5.95. The Bertz CT molecular complexity index is 836. The summed E-state index contributed by atoms with van der Waals surface area (Å²) >= 11 is 0. The fourth-order valence-corrected chi connectivity index (χ4v) is 2.49. The number of methoxy groups -OCH3 is 1. The third-order valence-electron chi connectivity index (χ3n) is 3.96. The first-order chi connectivity index (χ1) is 13.4. The summed E-state index contributed by atoms with van der Waals surface area (Å²) < 4.78 is 9.84. The predicted molar refractivity (Wildman–Crippen MR) is 105 cm³/mol. The topological polar surface area (TPSA) is 93.7 Å². The summed E-state index contributed by atoms with van der Waals surface area (Å²) in [7, 11) is 1.29. The van der Waals surface area contributed by atoms with Crippen molar-refractivity contribution in [2.24, 2.45) is 0 Å². The van der Waals surface area contributed by atoms with E-state index in [4.69, 9.17) is 4.74 Å². The third-order valence-corrected chi connectivity index (χ3v) is 3.96. The van der Waals surface area contributed by atoms with E-state index in [1.165, 1.54) is 7.11 Å². The average molecular weight is 384 g/mol. The van der Waals surface area contributed by atoms with Gasteiger partial charge in [0, 0.05) is 23.7 Å². The summed E-state index contributed by atoms with van der Waals surface area (Å²) in [6.45, 7) is 3.42. The molecule has 7 heteroatoms. The number of hydrogen-bond acceptors (Lipinski definition) is 5. The monoisotopic (exact) mass is 384 g/mol. The summed E-state index contributed by atoms with van der Waals surface area (Å²) in [4.78, 5) is 35.5. The molecular formula is C21H24N2O5. The minimum Gasteiger partial charge on any atom is -0.482 e. The van der Waals surface area contributed by atoms with E-state index in [0.717, 1.165) is 5.56 Å². The van der Waals surface area contributed by atoms with Crippen LogP contribution in [0.1, 0.15) is 29.3 Å². The number of ether oxygens (including phenoxy) is 2. The molecule has 0 aliphatic rings. The maximum Gasteiger partial charge on any atom is 0.343 e. The van der Waals surface area contributed by atoms with Gasteiger partial charge in [0.25, 0.3) is 5.91 Å². The zero-order valence-electron chi connectivity index (χ0n) is 16.2. The van der Waals surface area contributed by atoms with Crippen LogP contribution in [0.3, 0.4) is 0 Å². The van der Waals surface area contributed by atoms with Crippen molar-refractivity contribution in [2.75, 3.05) is 19.0 Å². The first-order valence-electron chi connectivity index (χ1n) is 8.85. The van der Waals surface area contributed by atoms with E-state index in [9.17, 15) is 14.4 Å². The van der Waals surface area contributed by atoms with E-state index in [-0.39, 0.29) is 30.9 Å². The molecule has 2 N–H and O–H groups in total. The zero-order valence-corrected chi connectivity index (χ0v) is 16.2. The molecule has 0 bridgehead atoms. The van der Waals surface area contributed by atoms with Gasteiger partial charge in [-0.15, -0.1) is 0 Å². The largest absolute Gasteiger partial charge is 0.482 e. The summed E-state index contributed by atoms with van der Waals surface area (Å²) in [5.74, 6) is -0.401. The van der Waals surface area contributed by atoms with Crippen molar-refractivity contribution in [1.82, 2.24) is 5.32 Å². The van der Waals surface area contributed by atoms with Gasteiger partial charge in [-0.2, -0.15) is 0 Å². The first kappa shape index (κ1) is 21.0. The molecule has 0 fully saturated rings. The van der Waals surface area contributed by atoms with Crippen LogP contribution in [0.25, 0.3) is 0 Å². The molecule has 7 nitrogen and oxygen atoms in total. The molecule has 2 aromatic carbocycles. The second-order valence-corrected chi connectivity index (χ2v) is 6.33. The Kier molecular flexibility index (Phi) is 7.56. The van der Waals surface area contributed by atoms with Gasteiger partial charge in [-0.05, 0) is 49.7 Å². The molecule has 1 atom stereocenters. The molecule has 2 amide bonds. The lowest BCUT2D eigenvalue weighted by atomic mass is 10.1. The van der Waals surface area contributed by atoms with Gasteiger partial charge in [0.15, 0.2) is 6.61 Å². The summed E-state index contributed by atoms with van der Waals surface area (Å²) in [5, 5.41) is 5.63.